The van der Waals surface area contributed by atoms with Gasteiger partial charge in [-0.1, -0.05) is 84.9 Å². The topological polar surface area (TPSA) is 114 Å². The third kappa shape index (κ3) is 9.89. The summed E-state index contributed by atoms with van der Waals surface area (Å²) in [5.41, 5.74) is 2.80. The predicted molar refractivity (Wildman–Crippen MR) is 159 cm³/mol. The Morgan fingerprint density at radius 1 is 0.952 bits per heavy atom. The molecule has 0 bridgehead atoms. The number of esters is 1. The third-order valence-corrected chi connectivity index (χ3v) is 7.05. The molecule has 0 saturated heterocycles. The Bertz CT molecular complexity index is 1310. The van der Waals surface area contributed by atoms with Gasteiger partial charge in [0.05, 0.1) is 25.1 Å². The number of aliphatic hydroxyl groups is 1. The second kappa shape index (κ2) is 16.1. The number of nitrogens with one attached hydrogen (secondary N) is 2. The summed E-state index contributed by atoms with van der Waals surface area (Å²) < 4.78 is 11.5. The number of amides is 2. The van der Waals surface area contributed by atoms with E-state index in [9.17, 15) is 19.5 Å². The van der Waals surface area contributed by atoms with Gasteiger partial charge in [0.1, 0.15) is 18.5 Å². The van der Waals surface area contributed by atoms with Crippen LogP contribution in [0, 0.1) is 5.92 Å². The Hall–Kier alpha value is -4.43. The normalized spacial score (nSPS) is 18.5. The molecular weight excluding hydrogens is 532 g/mol. The molecule has 3 N–H and O–H groups in total. The van der Waals surface area contributed by atoms with Crippen molar-refractivity contribution < 1.29 is 29.0 Å². The highest BCUT2D eigenvalue weighted by atomic mass is 16.5. The lowest BCUT2D eigenvalue weighted by atomic mass is 9.98. The van der Waals surface area contributed by atoms with Crippen LogP contribution in [-0.2, 0) is 32.1 Å². The predicted octanol–water partition coefficient (Wildman–Crippen LogP) is 4.43. The lowest BCUT2D eigenvalue weighted by Crippen LogP contribution is -2.42. The number of cyclic esters (lactones) is 1. The fourth-order valence-electron chi connectivity index (χ4n) is 4.73. The average molecular weight is 571 g/mol. The Morgan fingerprint density at radius 2 is 1.67 bits per heavy atom. The average Bonchev–Trinajstić information content (AvgIpc) is 3.01. The van der Waals surface area contributed by atoms with Gasteiger partial charge in [-0.3, -0.25) is 14.4 Å². The van der Waals surface area contributed by atoms with E-state index in [1.807, 2.05) is 97.1 Å². The van der Waals surface area contributed by atoms with Crippen molar-refractivity contribution in [3.05, 3.63) is 114 Å². The molecule has 1 heterocycles. The van der Waals surface area contributed by atoms with Crippen LogP contribution in [0.3, 0.4) is 0 Å². The highest BCUT2D eigenvalue weighted by Crippen LogP contribution is 2.20. The van der Waals surface area contributed by atoms with Crippen molar-refractivity contribution in [2.45, 2.75) is 50.9 Å². The van der Waals surface area contributed by atoms with Crippen LogP contribution in [0.4, 0.5) is 0 Å². The molecular formula is C34H38N2O6. The first-order valence-corrected chi connectivity index (χ1v) is 14.3. The Balaban J connectivity index is 1.31. The van der Waals surface area contributed by atoms with Crippen molar-refractivity contribution in [2.24, 2.45) is 5.92 Å². The summed E-state index contributed by atoms with van der Waals surface area (Å²) in [4.78, 5) is 38.4. The molecule has 2 amide bonds. The van der Waals surface area contributed by atoms with Crippen molar-refractivity contribution in [3.63, 3.8) is 0 Å². The Morgan fingerprint density at radius 3 is 2.38 bits per heavy atom. The highest BCUT2D eigenvalue weighted by molar-refractivity contribution is 5.86. The molecule has 0 saturated carbocycles. The lowest BCUT2D eigenvalue weighted by Gasteiger charge is -2.22. The van der Waals surface area contributed by atoms with Gasteiger partial charge >= 0.3 is 5.97 Å². The van der Waals surface area contributed by atoms with Crippen LogP contribution in [-0.4, -0.2) is 42.1 Å². The Kier molecular flexibility index (Phi) is 11.7. The van der Waals surface area contributed by atoms with Crippen LogP contribution >= 0.6 is 0 Å². The minimum Gasteiger partial charge on any atom is -0.489 e. The summed E-state index contributed by atoms with van der Waals surface area (Å²) in [6, 6.07) is 26.2. The second-order valence-corrected chi connectivity index (χ2v) is 10.4. The fraction of sp³-hybridized carbons (Fsp3) is 0.324. The van der Waals surface area contributed by atoms with Crippen molar-refractivity contribution in [3.8, 4) is 5.75 Å². The molecule has 8 heteroatoms. The molecule has 0 radical (unpaired) electrons. The summed E-state index contributed by atoms with van der Waals surface area (Å²) in [5, 5.41) is 15.7. The summed E-state index contributed by atoms with van der Waals surface area (Å²) in [6.45, 7) is 0.344. The molecule has 0 unspecified atom stereocenters. The SMILES string of the molecule is O=C(C[C@H]1CC=CCCC(=O)O[C@H](c2ccccc2)CNC1=O)N[C@H](CO)Cc1ccc(OCc2ccccc2)cc1. The third-order valence-electron chi connectivity index (χ3n) is 7.05. The Labute approximate surface area is 246 Å². The zero-order valence-electron chi connectivity index (χ0n) is 23.6. The maximum atomic E-state index is 13.1. The fourth-order valence-corrected chi connectivity index (χ4v) is 4.73. The maximum Gasteiger partial charge on any atom is 0.306 e. The number of hydrogen-bond acceptors (Lipinski definition) is 6. The van der Waals surface area contributed by atoms with Gasteiger partial charge in [-0.25, -0.2) is 0 Å². The molecule has 0 aromatic heterocycles. The van der Waals surface area contributed by atoms with Crippen LogP contribution in [0.15, 0.2) is 97.1 Å². The number of allylic oxidation sites excluding steroid dienone is 2. The molecule has 0 aliphatic carbocycles. The zero-order chi connectivity index (χ0) is 29.6. The summed E-state index contributed by atoms with van der Waals surface area (Å²) in [6.07, 6.45) is 4.53. The quantitative estimate of drug-likeness (QED) is 0.246. The smallest absolute Gasteiger partial charge is 0.306 e. The first kappa shape index (κ1) is 30.5. The van der Waals surface area contributed by atoms with Gasteiger partial charge in [0.25, 0.3) is 0 Å². The van der Waals surface area contributed by atoms with Gasteiger partial charge in [0, 0.05) is 12.8 Å². The number of aliphatic hydroxyl groups excluding tert-OH is 1. The minimum absolute atomic E-state index is 0.0330. The van der Waals surface area contributed by atoms with E-state index in [2.05, 4.69) is 10.6 Å². The molecule has 1 aliphatic heterocycles. The first-order valence-electron chi connectivity index (χ1n) is 14.3. The van der Waals surface area contributed by atoms with E-state index in [0.717, 1.165) is 22.4 Å². The largest absolute Gasteiger partial charge is 0.489 e. The minimum atomic E-state index is -0.616. The van der Waals surface area contributed by atoms with Crippen molar-refractivity contribution in [2.75, 3.05) is 13.2 Å². The van der Waals surface area contributed by atoms with Crippen molar-refractivity contribution in [1.29, 1.82) is 0 Å². The number of hydrogen-bond donors (Lipinski definition) is 3. The van der Waals surface area contributed by atoms with Gasteiger partial charge in [-0.05, 0) is 48.1 Å². The molecule has 220 valence electrons. The molecule has 3 atom stereocenters. The van der Waals surface area contributed by atoms with Crippen LogP contribution < -0.4 is 15.4 Å². The van der Waals surface area contributed by atoms with E-state index >= 15 is 0 Å². The summed E-state index contributed by atoms with van der Waals surface area (Å²) in [7, 11) is 0. The standard InChI is InChI=1S/C34H38N2O6/c37-23-29(20-25-16-18-30(19-17-25)41-24-26-10-4-1-5-11-26)36-32(38)21-28-14-8-3-9-15-33(39)42-31(22-35-34(28)40)27-12-6-2-7-13-27/h1-8,10-13,16-19,28-29,31,37H,9,14-15,20-24H2,(H,35,40)(H,36,38)/t28-,29+,31+/m1/s1. The zero-order valence-corrected chi connectivity index (χ0v) is 23.6. The van der Waals surface area contributed by atoms with Crippen LogP contribution in [0.1, 0.15) is 48.5 Å². The molecule has 8 nitrogen and oxygen atoms in total. The highest BCUT2D eigenvalue weighted by Gasteiger charge is 2.25. The molecule has 0 spiro atoms. The van der Waals surface area contributed by atoms with Gasteiger partial charge in [-0.2, -0.15) is 0 Å². The summed E-state index contributed by atoms with van der Waals surface area (Å²) >= 11 is 0. The number of carbonyl (C=O) groups excluding carboxylic acids is 3. The monoisotopic (exact) mass is 570 g/mol. The molecule has 0 fully saturated rings. The first-order chi connectivity index (χ1) is 20.5. The molecule has 3 aromatic rings. The second-order valence-electron chi connectivity index (χ2n) is 10.4. The molecule has 4 rings (SSSR count). The van der Waals surface area contributed by atoms with E-state index in [1.54, 1.807) is 0 Å². The molecule has 3 aromatic carbocycles. The molecule has 42 heavy (non-hydrogen) atoms. The lowest BCUT2D eigenvalue weighted by molar-refractivity contribution is -0.150. The van der Waals surface area contributed by atoms with E-state index in [4.69, 9.17) is 9.47 Å². The number of rotatable bonds is 10. The van der Waals surface area contributed by atoms with Gasteiger partial charge in [0.2, 0.25) is 11.8 Å². The van der Waals surface area contributed by atoms with E-state index < -0.39 is 18.1 Å². The molecule has 1 aliphatic rings. The maximum absolute atomic E-state index is 13.1. The van der Waals surface area contributed by atoms with Crippen molar-refractivity contribution in [1.82, 2.24) is 10.6 Å². The van der Waals surface area contributed by atoms with E-state index in [-0.39, 0.29) is 43.8 Å². The van der Waals surface area contributed by atoms with Crippen molar-refractivity contribution >= 4 is 17.8 Å². The number of carbonyl (C=O) groups is 3. The van der Waals surface area contributed by atoms with Crippen LogP contribution in [0.25, 0.3) is 0 Å². The van der Waals surface area contributed by atoms with Gasteiger partial charge in [-0.15, -0.1) is 0 Å². The number of benzene rings is 3. The number of ether oxygens (including phenoxy) is 2. The summed E-state index contributed by atoms with van der Waals surface area (Å²) in [5.74, 6) is -0.808. The van der Waals surface area contributed by atoms with Gasteiger partial charge in [0.15, 0.2) is 0 Å². The van der Waals surface area contributed by atoms with E-state index in [0.29, 0.717) is 25.9 Å². The van der Waals surface area contributed by atoms with Crippen LogP contribution in [0.2, 0.25) is 0 Å². The van der Waals surface area contributed by atoms with Crippen LogP contribution in [0.5, 0.6) is 5.75 Å². The van der Waals surface area contributed by atoms with Gasteiger partial charge < -0.3 is 25.2 Å². The van der Waals surface area contributed by atoms with E-state index in [1.165, 1.54) is 0 Å².